The Hall–Kier alpha value is -10.3. The number of hydrogen-bond acceptors (Lipinski definition) is 18. The number of Topliss-reactive ketones (excluding diaryl/α,β-unsaturated/α-hetero) is 1. The van der Waals surface area contributed by atoms with Crippen LogP contribution in [-0.2, 0) is 77.4 Å². The van der Waals surface area contributed by atoms with Crippen molar-refractivity contribution in [3.05, 3.63) is 202 Å². The van der Waals surface area contributed by atoms with E-state index in [1.54, 1.807) is 106 Å². The first-order valence-corrected chi connectivity index (χ1v) is 39.0. The van der Waals surface area contributed by atoms with Crippen LogP contribution >= 0.6 is 0 Å². The van der Waals surface area contributed by atoms with Crippen LogP contribution in [0.5, 0.6) is 0 Å². The van der Waals surface area contributed by atoms with E-state index in [2.05, 4.69) is 145 Å². The standard InChI is InChI=1S/C84H108N10O13.O3S/c1-9-93-69-35-22-21-33-64(69)83(5,6)72(93)36-18-12-19-37-73-84(7,8)65-51-59(2)39-40-70(65)94(73)42-25-13-20-38-74(96)85-41-24-23-34-66(71(95)58-107-82(106)79-60(3)27-26-28-61(79)4)87-81(105)68(53-63-31-16-11-17-32-63)88-80(104)67(52-62-29-14-10-15-30-62)86-75(97)54-89-43-45-90(55-76(98)99)47-49-92(57-78(102)103)50-48-91(46-44-89)56-77(100)101;1-4(2)3/h10-12,14-19,21-22,26-33,35-37,39-40,51,66-68H,9,13,20,23-25,34,38,41-50,52-58H2,1-8H3,(H6-,85,86,87,88,96,97,98,99,100,101,102,103,104,105);/p+1/t66-,67-,68-;/m0./s1. The summed E-state index contributed by atoms with van der Waals surface area (Å²) in [6, 6.07) is 34.7. The van der Waals surface area contributed by atoms with Crippen molar-refractivity contribution in [2.24, 2.45) is 0 Å². The van der Waals surface area contributed by atoms with E-state index in [4.69, 9.17) is 17.4 Å². The highest BCUT2D eigenvalue weighted by Gasteiger charge is 2.44. The van der Waals surface area contributed by atoms with E-state index < -0.39 is 82.7 Å². The number of ether oxygens (including phenoxy) is 1. The normalized spacial score (nSPS) is 16.6. The molecule has 596 valence electrons. The number of allylic oxidation sites excluding steroid dienone is 6. The molecule has 5 aromatic rings. The third-order valence-corrected chi connectivity index (χ3v) is 20.4. The number of carbonyl (C=O) groups is 9. The number of nitrogens with one attached hydrogen (secondary N) is 4. The quantitative estimate of drug-likeness (QED) is 0.00883. The van der Waals surface area contributed by atoms with Crippen molar-refractivity contribution < 1.29 is 80.4 Å². The van der Waals surface area contributed by atoms with E-state index in [1.807, 2.05) is 6.07 Å². The third-order valence-electron chi connectivity index (χ3n) is 20.4. The average molecular weight is 1550 g/mol. The lowest BCUT2D eigenvalue weighted by Crippen LogP contribution is -2.58. The first-order valence-electron chi connectivity index (χ1n) is 38.0. The van der Waals surface area contributed by atoms with Crippen LogP contribution in [0.2, 0.25) is 0 Å². The number of aryl methyl sites for hydroxylation is 3. The molecule has 8 rings (SSSR count). The Balaban J connectivity index is 0.00000417. The Morgan fingerprint density at radius 1 is 0.550 bits per heavy atom. The summed E-state index contributed by atoms with van der Waals surface area (Å²) in [4.78, 5) is 130. The minimum Gasteiger partial charge on any atom is -0.480 e. The molecule has 3 heterocycles. The first kappa shape index (κ1) is 87.9. The van der Waals surface area contributed by atoms with Crippen molar-refractivity contribution in [3.63, 3.8) is 0 Å². The van der Waals surface area contributed by atoms with Gasteiger partial charge in [0.25, 0.3) is 0 Å². The van der Waals surface area contributed by atoms with Crippen LogP contribution in [0, 0.1) is 20.8 Å². The highest BCUT2D eigenvalue weighted by atomic mass is 32.2. The van der Waals surface area contributed by atoms with Crippen molar-refractivity contribution in [2.75, 3.05) is 110 Å². The molecule has 0 aromatic heterocycles. The molecule has 0 saturated carbocycles. The maximum Gasteiger partial charge on any atom is 0.425 e. The zero-order valence-corrected chi connectivity index (χ0v) is 65.9. The number of anilines is 1. The summed E-state index contributed by atoms with van der Waals surface area (Å²) in [6.07, 6.45) is 14.4. The van der Waals surface area contributed by atoms with Gasteiger partial charge in [0.2, 0.25) is 29.3 Å². The Morgan fingerprint density at radius 3 is 1.60 bits per heavy atom. The van der Waals surface area contributed by atoms with Gasteiger partial charge in [-0.2, -0.15) is 4.58 Å². The second-order valence-electron chi connectivity index (χ2n) is 29.4. The fourth-order valence-electron chi connectivity index (χ4n) is 14.5. The van der Waals surface area contributed by atoms with Gasteiger partial charge in [0.15, 0.2) is 18.1 Å². The Morgan fingerprint density at radius 2 is 1.06 bits per heavy atom. The number of carbonyl (C=O) groups excluding carboxylic acids is 6. The molecular weight excluding hydrogens is 1440 g/mol. The molecule has 7 N–H and O–H groups in total. The number of hydrogen-bond donors (Lipinski definition) is 7. The molecule has 1 fully saturated rings. The van der Waals surface area contributed by atoms with Crippen LogP contribution in [0.3, 0.4) is 0 Å². The molecule has 3 atom stereocenters. The number of likely N-dealkylation sites (N-methyl/N-ethyl adjacent to an activating group) is 1. The monoisotopic (exact) mass is 1550 g/mol. The second kappa shape index (κ2) is 43.3. The van der Waals surface area contributed by atoms with Gasteiger partial charge < -0.3 is 46.2 Å². The van der Waals surface area contributed by atoms with E-state index in [0.29, 0.717) is 60.0 Å². The fraction of sp³-hybridized carbons (Fsp3) is 0.452. The molecule has 1 saturated heterocycles. The summed E-state index contributed by atoms with van der Waals surface area (Å²) >= 11 is 0. The number of carboxylic acid groups (broad SMARTS) is 3. The van der Waals surface area contributed by atoms with Crippen LogP contribution in [0.1, 0.15) is 129 Å². The van der Waals surface area contributed by atoms with Gasteiger partial charge in [-0.15, -0.1) is 12.6 Å². The predicted molar refractivity (Wildman–Crippen MR) is 424 cm³/mol. The summed E-state index contributed by atoms with van der Waals surface area (Å²) in [7, 11) is -3.11. The Kier molecular flexibility index (Phi) is 34.3. The fourth-order valence-corrected chi connectivity index (χ4v) is 14.5. The van der Waals surface area contributed by atoms with Crippen LogP contribution in [-0.4, -0.2) is 234 Å². The van der Waals surface area contributed by atoms with Crippen LogP contribution < -0.4 is 26.2 Å². The van der Waals surface area contributed by atoms with E-state index >= 15 is 0 Å². The molecule has 3 aliphatic rings. The van der Waals surface area contributed by atoms with Gasteiger partial charge >= 0.3 is 34.5 Å². The van der Waals surface area contributed by atoms with E-state index in [9.17, 15) is 58.5 Å². The number of unbranched alkanes of at least 4 members (excludes halogenated alkanes) is 3. The summed E-state index contributed by atoms with van der Waals surface area (Å²) in [5.41, 5.74) is 11.4. The number of rotatable bonds is 36. The maximum absolute atomic E-state index is 14.9. The Bertz CT molecular complexity index is 4260. The average Bonchev–Trinajstić information content (AvgIpc) is 1.60. The molecule has 5 aromatic carbocycles. The molecule has 3 aliphatic heterocycles. The molecule has 26 nitrogen and oxygen atoms in total. The summed E-state index contributed by atoms with van der Waals surface area (Å²) < 4.78 is 33.4. The predicted octanol–water partition coefficient (Wildman–Crippen LogP) is 7.49. The summed E-state index contributed by atoms with van der Waals surface area (Å²) in [5, 5.41) is 40.9. The van der Waals surface area contributed by atoms with Gasteiger partial charge in [0, 0.05) is 126 Å². The van der Waals surface area contributed by atoms with Gasteiger partial charge in [-0.3, -0.25) is 58.0 Å². The molecule has 111 heavy (non-hydrogen) atoms. The molecule has 0 unspecified atom stereocenters. The third kappa shape index (κ3) is 27.3. The van der Waals surface area contributed by atoms with Crippen molar-refractivity contribution in [3.8, 4) is 0 Å². The van der Waals surface area contributed by atoms with Crippen LogP contribution in [0.4, 0.5) is 11.4 Å². The molecular formula is C84H109N10O16S+. The SMILES string of the molecule is CCN1C(=CC=CC=CC2=[N+](CCCCCC(=O)NCCCC[C@H](NC(=O)[C@H](Cc3ccccc3)NC(=O)[C@H](Cc3ccccc3)NC(=O)CN3CCN(CC(=O)O)CCN(CC(=O)O)CCN(CC(=O)O)CC3)C(=O)COC(=O)c3c(C)cccc3C)c3ccc(C)cc3C2(C)C)C(C)(C)c2ccccc21.O=S(=O)=O. The topological polar surface area (TPSA) is 342 Å². The minimum atomic E-state index is -3.11. The lowest BCUT2D eigenvalue weighted by atomic mass is 9.81. The van der Waals surface area contributed by atoms with Crippen LogP contribution in [0.25, 0.3) is 0 Å². The lowest BCUT2D eigenvalue weighted by Gasteiger charge is -2.33. The first-order chi connectivity index (χ1) is 52.9. The van der Waals surface area contributed by atoms with Gasteiger partial charge in [0.1, 0.15) is 18.6 Å². The zero-order chi connectivity index (χ0) is 80.8. The minimum absolute atomic E-state index is 0.00993. The number of nitrogens with zero attached hydrogens (tertiary/aromatic N) is 6. The molecule has 0 bridgehead atoms. The molecule has 27 heteroatoms. The zero-order valence-electron chi connectivity index (χ0n) is 65.1. The van der Waals surface area contributed by atoms with E-state index in [0.717, 1.165) is 25.9 Å². The van der Waals surface area contributed by atoms with Gasteiger partial charge in [-0.1, -0.05) is 141 Å². The van der Waals surface area contributed by atoms with Crippen LogP contribution in [0.15, 0.2) is 157 Å². The number of benzene rings is 5. The van der Waals surface area contributed by atoms with E-state index in [-0.39, 0.29) is 115 Å². The number of aliphatic carboxylic acids is 3. The molecule has 0 radical (unpaired) electrons. The number of ketones is 1. The number of para-hydroxylation sites is 1. The number of amides is 4. The molecule has 0 spiro atoms. The van der Waals surface area contributed by atoms with Crippen molar-refractivity contribution in [1.29, 1.82) is 0 Å². The van der Waals surface area contributed by atoms with Gasteiger partial charge in [-0.25, -0.2) is 4.79 Å². The molecule has 4 amide bonds. The van der Waals surface area contributed by atoms with Crippen molar-refractivity contribution in [2.45, 2.75) is 142 Å². The summed E-state index contributed by atoms with van der Waals surface area (Å²) in [6.45, 7) is 18.2. The highest BCUT2D eigenvalue weighted by molar-refractivity contribution is 7.59. The second-order valence-corrected chi connectivity index (χ2v) is 29.9. The molecule has 0 aliphatic carbocycles. The Labute approximate surface area is 652 Å². The smallest absolute Gasteiger partial charge is 0.425 e. The number of carboxylic acids is 3. The van der Waals surface area contributed by atoms with Gasteiger partial charge in [0.05, 0.1) is 43.2 Å². The van der Waals surface area contributed by atoms with E-state index in [1.165, 1.54) is 39.5 Å². The number of fused-ring (bicyclic) bond motifs is 2. The highest BCUT2D eigenvalue weighted by Crippen LogP contribution is 2.47. The van der Waals surface area contributed by atoms with Gasteiger partial charge in [-0.05, 0) is 120 Å². The maximum atomic E-state index is 14.9. The van der Waals surface area contributed by atoms with Crippen molar-refractivity contribution in [1.82, 2.24) is 40.9 Å². The largest absolute Gasteiger partial charge is 0.480 e. The number of esters is 1. The lowest BCUT2D eigenvalue weighted by molar-refractivity contribution is -0.438. The van der Waals surface area contributed by atoms with Crippen molar-refractivity contribution >= 4 is 81.0 Å². The summed E-state index contributed by atoms with van der Waals surface area (Å²) in [5.74, 6) is -6.72.